The lowest BCUT2D eigenvalue weighted by atomic mass is 10.0. The second-order valence-electron chi connectivity index (χ2n) is 3.84. The number of hydrogen-bond donors (Lipinski definition) is 0. The summed E-state index contributed by atoms with van der Waals surface area (Å²) >= 11 is 0. The van der Waals surface area contributed by atoms with E-state index in [4.69, 9.17) is 9.68 Å². The summed E-state index contributed by atoms with van der Waals surface area (Å²) in [4.78, 5) is 11.9. The van der Waals surface area contributed by atoms with Crippen LogP contribution in [0.15, 0.2) is 39.5 Å². The van der Waals surface area contributed by atoms with Gasteiger partial charge in [0.1, 0.15) is 11.5 Å². The van der Waals surface area contributed by atoms with Gasteiger partial charge in [-0.15, -0.1) is 0 Å². The molecule has 1 aromatic carbocycles. The van der Waals surface area contributed by atoms with E-state index in [1.165, 1.54) is 6.07 Å². The summed E-state index contributed by atoms with van der Waals surface area (Å²) in [6, 6.07) is 10.4. The monoisotopic (exact) mass is 225 g/mol. The largest absolute Gasteiger partial charge is 0.466 e. The highest BCUT2D eigenvalue weighted by molar-refractivity contribution is 5.65. The van der Waals surface area contributed by atoms with Crippen molar-refractivity contribution in [2.75, 3.05) is 0 Å². The van der Waals surface area contributed by atoms with Crippen LogP contribution in [0, 0.1) is 25.2 Å². The fraction of sp³-hybridized carbons (Fsp3) is 0.143. The van der Waals surface area contributed by atoms with Gasteiger partial charge in [0.05, 0.1) is 17.2 Å². The Kier molecular flexibility index (Phi) is 2.80. The Morgan fingerprint density at radius 2 is 1.82 bits per heavy atom. The molecule has 1 heterocycles. The quantitative estimate of drug-likeness (QED) is 0.749. The smallest absolute Gasteiger partial charge is 0.193 e. The Balaban J connectivity index is 2.61. The Labute approximate surface area is 98.9 Å². The third-order valence-electron chi connectivity index (χ3n) is 2.55. The fourth-order valence-corrected chi connectivity index (χ4v) is 1.81. The van der Waals surface area contributed by atoms with Gasteiger partial charge in [-0.1, -0.05) is 12.1 Å². The molecule has 2 aromatic rings. The average molecular weight is 225 g/mol. The van der Waals surface area contributed by atoms with Crippen molar-refractivity contribution in [1.82, 2.24) is 0 Å². The molecule has 0 bridgehead atoms. The van der Waals surface area contributed by atoms with Gasteiger partial charge in [-0.05, 0) is 31.5 Å². The molecule has 3 nitrogen and oxygen atoms in total. The van der Waals surface area contributed by atoms with Gasteiger partial charge in [0.15, 0.2) is 5.43 Å². The first-order valence-electron chi connectivity index (χ1n) is 5.23. The van der Waals surface area contributed by atoms with Gasteiger partial charge in [-0.3, -0.25) is 4.79 Å². The van der Waals surface area contributed by atoms with E-state index in [0.717, 1.165) is 5.56 Å². The molecule has 0 amide bonds. The molecule has 0 N–H and O–H groups in total. The zero-order valence-electron chi connectivity index (χ0n) is 9.65. The molecule has 0 aliphatic heterocycles. The van der Waals surface area contributed by atoms with Gasteiger partial charge in [0.2, 0.25) is 0 Å². The zero-order valence-corrected chi connectivity index (χ0v) is 9.65. The maximum atomic E-state index is 11.9. The molecule has 0 unspecified atom stereocenters. The van der Waals surface area contributed by atoms with Crippen LogP contribution in [0.2, 0.25) is 0 Å². The van der Waals surface area contributed by atoms with Crippen LogP contribution in [-0.2, 0) is 0 Å². The molecule has 0 fully saturated rings. The summed E-state index contributed by atoms with van der Waals surface area (Å²) < 4.78 is 5.44. The van der Waals surface area contributed by atoms with Gasteiger partial charge in [-0.25, -0.2) is 0 Å². The Bertz CT molecular complexity index is 645. The molecule has 0 saturated heterocycles. The lowest BCUT2D eigenvalue weighted by Crippen LogP contribution is -2.06. The van der Waals surface area contributed by atoms with E-state index in [2.05, 4.69) is 0 Å². The number of aryl methyl sites for hydroxylation is 2. The van der Waals surface area contributed by atoms with Crippen molar-refractivity contribution in [2.45, 2.75) is 13.8 Å². The van der Waals surface area contributed by atoms with Crippen molar-refractivity contribution in [2.24, 2.45) is 0 Å². The van der Waals surface area contributed by atoms with Crippen molar-refractivity contribution in [3.63, 3.8) is 0 Å². The molecule has 0 spiro atoms. The fourth-order valence-electron chi connectivity index (χ4n) is 1.81. The van der Waals surface area contributed by atoms with Crippen molar-refractivity contribution >= 4 is 0 Å². The van der Waals surface area contributed by atoms with Crippen molar-refractivity contribution < 1.29 is 4.42 Å². The van der Waals surface area contributed by atoms with Crippen LogP contribution in [0.5, 0.6) is 0 Å². The van der Waals surface area contributed by atoms with Crippen LogP contribution in [0.25, 0.3) is 11.1 Å². The number of rotatable bonds is 1. The van der Waals surface area contributed by atoms with E-state index in [0.29, 0.717) is 22.6 Å². The third-order valence-corrected chi connectivity index (χ3v) is 2.55. The molecule has 2 rings (SSSR count). The molecule has 17 heavy (non-hydrogen) atoms. The lowest BCUT2D eigenvalue weighted by Gasteiger charge is -2.05. The standard InChI is InChI=1S/C14H11NO2/c1-9-7-13(16)14(10(2)17-9)12-5-3-11(8-15)4-6-12/h3-7H,1-2H3. The molecule has 0 atom stereocenters. The second kappa shape index (κ2) is 4.26. The first kappa shape index (κ1) is 11.2. The van der Waals surface area contributed by atoms with Crippen LogP contribution < -0.4 is 5.43 Å². The number of hydrogen-bond acceptors (Lipinski definition) is 3. The lowest BCUT2D eigenvalue weighted by molar-refractivity contribution is 0.486. The summed E-state index contributed by atoms with van der Waals surface area (Å²) in [6.07, 6.45) is 0. The molecule has 1 aromatic heterocycles. The minimum atomic E-state index is -0.0593. The number of nitrogens with zero attached hydrogens (tertiary/aromatic N) is 1. The molecule has 84 valence electrons. The molecular formula is C14H11NO2. The van der Waals surface area contributed by atoms with Crippen LogP contribution >= 0.6 is 0 Å². The highest BCUT2D eigenvalue weighted by Crippen LogP contribution is 2.20. The molecular weight excluding hydrogens is 214 g/mol. The Morgan fingerprint density at radius 1 is 1.18 bits per heavy atom. The van der Waals surface area contributed by atoms with Crippen molar-refractivity contribution in [1.29, 1.82) is 5.26 Å². The van der Waals surface area contributed by atoms with Gasteiger partial charge in [0.25, 0.3) is 0 Å². The maximum absolute atomic E-state index is 11.9. The average Bonchev–Trinajstić information content (AvgIpc) is 2.28. The summed E-state index contributed by atoms with van der Waals surface area (Å²) in [5, 5.41) is 8.71. The predicted octanol–water partition coefficient (Wildman–Crippen LogP) is 2.80. The van der Waals surface area contributed by atoms with Crippen LogP contribution in [0.4, 0.5) is 0 Å². The summed E-state index contributed by atoms with van der Waals surface area (Å²) in [6.45, 7) is 3.51. The first-order chi connectivity index (χ1) is 8.11. The molecule has 0 saturated carbocycles. The Hall–Kier alpha value is -2.34. The van der Waals surface area contributed by atoms with Gasteiger partial charge in [-0.2, -0.15) is 5.26 Å². The van der Waals surface area contributed by atoms with Gasteiger partial charge < -0.3 is 4.42 Å². The summed E-state index contributed by atoms with van der Waals surface area (Å²) in [7, 11) is 0. The van der Waals surface area contributed by atoms with E-state index < -0.39 is 0 Å². The molecule has 3 heteroatoms. The SMILES string of the molecule is Cc1cc(=O)c(-c2ccc(C#N)cc2)c(C)o1. The Morgan fingerprint density at radius 3 is 2.35 bits per heavy atom. The van der Waals surface area contributed by atoms with Crippen molar-refractivity contribution in [3.8, 4) is 17.2 Å². The van der Waals surface area contributed by atoms with E-state index in [9.17, 15) is 4.79 Å². The van der Waals surface area contributed by atoms with Crippen LogP contribution in [-0.4, -0.2) is 0 Å². The minimum absolute atomic E-state index is 0.0593. The molecule has 0 radical (unpaired) electrons. The number of nitriles is 1. The number of benzene rings is 1. The second-order valence-corrected chi connectivity index (χ2v) is 3.84. The summed E-state index contributed by atoms with van der Waals surface area (Å²) in [5.41, 5.74) is 1.84. The summed E-state index contributed by atoms with van der Waals surface area (Å²) in [5.74, 6) is 1.20. The maximum Gasteiger partial charge on any atom is 0.193 e. The minimum Gasteiger partial charge on any atom is -0.466 e. The molecule has 0 aliphatic carbocycles. The van der Waals surface area contributed by atoms with Crippen LogP contribution in [0.3, 0.4) is 0 Å². The first-order valence-corrected chi connectivity index (χ1v) is 5.23. The van der Waals surface area contributed by atoms with Crippen molar-refractivity contribution in [3.05, 3.63) is 57.6 Å². The van der Waals surface area contributed by atoms with Crippen LogP contribution in [0.1, 0.15) is 17.1 Å². The third kappa shape index (κ3) is 2.11. The predicted molar refractivity (Wildman–Crippen MR) is 64.6 cm³/mol. The molecule has 0 aliphatic rings. The van der Waals surface area contributed by atoms with E-state index in [1.807, 2.05) is 6.07 Å². The van der Waals surface area contributed by atoms with Gasteiger partial charge in [0, 0.05) is 6.07 Å². The highest BCUT2D eigenvalue weighted by atomic mass is 16.3. The topological polar surface area (TPSA) is 54.0 Å². The van der Waals surface area contributed by atoms with E-state index in [-0.39, 0.29) is 5.43 Å². The van der Waals surface area contributed by atoms with E-state index >= 15 is 0 Å². The van der Waals surface area contributed by atoms with Gasteiger partial charge >= 0.3 is 0 Å². The van der Waals surface area contributed by atoms with E-state index in [1.54, 1.807) is 38.1 Å². The normalized spacial score (nSPS) is 9.94. The highest BCUT2D eigenvalue weighted by Gasteiger charge is 2.09. The zero-order chi connectivity index (χ0) is 12.4.